The quantitative estimate of drug-likeness (QED) is 0.848. The van der Waals surface area contributed by atoms with Crippen LogP contribution in [0.15, 0.2) is 40.9 Å². The van der Waals surface area contributed by atoms with E-state index in [4.69, 9.17) is 0 Å². The molecule has 1 heterocycles. The van der Waals surface area contributed by atoms with Gasteiger partial charge in [0.1, 0.15) is 11.6 Å². The number of hydrogen-bond acceptors (Lipinski definition) is 2. The Bertz CT molecular complexity index is 717. The number of phenols is 1. The van der Waals surface area contributed by atoms with E-state index in [0.717, 1.165) is 18.4 Å². The first-order valence-electron chi connectivity index (χ1n) is 6.65. The Morgan fingerprint density at radius 2 is 2.10 bits per heavy atom. The number of benzene rings is 2. The van der Waals surface area contributed by atoms with Crippen LogP contribution in [0.25, 0.3) is 0 Å². The van der Waals surface area contributed by atoms with Crippen LogP contribution < -0.4 is 4.90 Å². The van der Waals surface area contributed by atoms with Crippen molar-refractivity contribution in [3.63, 3.8) is 0 Å². The van der Waals surface area contributed by atoms with Crippen LogP contribution in [0.4, 0.5) is 10.1 Å². The Morgan fingerprint density at radius 1 is 1.29 bits per heavy atom. The lowest BCUT2D eigenvalue weighted by Crippen LogP contribution is -2.36. The minimum Gasteiger partial charge on any atom is -0.506 e. The summed E-state index contributed by atoms with van der Waals surface area (Å²) in [5.41, 5.74) is 1.40. The number of carbonyl (C=O) groups excluding carboxylic acids is 1. The fraction of sp³-hybridized carbons (Fsp3) is 0.188. The fourth-order valence-electron chi connectivity index (χ4n) is 2.64. The van der Waals surface area contributed by atoms with Crippen molar-refractivity contribution in [2.24, 2.45) is 0 Å². The molecule has 0 fully saturated rings. The van der Waals surface area contributed by atoms with Crippen LogP contribution in [-0.4, -0.2) is 17.6 Å². The predicted octanol–water partition coefficient (Wildman–Crippen LogP) is 3.89. The van der Waals surface area contributed by atoms with E-state index in [2.05, 4.69) is 15.9 Å². The van der Waals surface area contributed by atoms with Crippen molar-refractivity contribution in [3.8, 4) is 5.75 Å². The number of hydrogen-bond donors (Lipinski definition) is 1. The molecule has 0 radical (unpaired) electrons. The highest BCUT2D eigenvalue weighted by Crippen LogP contribution is 2.36. The van der Waals surface area contributed by atoms with E-state index >= 15 is 0 Å². The maximum absolute atomic E-state index is 13.9. The summed E-state index contributed by atoms with van der Waals surface area (Å²) >= 11 is 3.25. The van der Waals surface area contributed by atoms with Crippen LogP contribution in [0, 0.1) is 5.82 Å². The third kappa shape index (κ3) is 2.53. The van der Waals surface area contributed by atoms with Gasteiger partial charge in [-0.2, -0.15) is 0 Å². The summed E-state index contributed by atoms with van der Waals surface area (Å²) in [4.78, 5) is 14.1. The lowest BCUT2D eigenvalue weighted by Gasteiger charge is -2.30. The van der Waals surface area contributed by atoms with Crippen molar-refractivity contribution in [1.82, 2.24) is 0 Å². The molecule has 1 aliphatic rings. The van der Waals surface area contributed by atoms with E-state index in [1.54, 1.807) is 18.2 Å². The number of nitrogens with zero attached hydrogens (tertiary/aromatic N) is 1. The van der Waals surface area contributed by atoms with Gasteiger partial charge in [-0.3, -0.25) is 4.79 Å². The molecule has 5 heteroatoms. The number of anilines is 1. The molecule has 0 spiro atoms. The smallest absolute Gasteiger partial charge is 0.261 e. The second kappa shape index (κ2) is 5.48. The van der Waals surface area contributed by atoms with E-state index in [1.807, 2.05) is 6.07 Å². The Hall–Kier alpha value is -1.88. The zero-order valence-electron chi connectivity index (χ0n) is 11.1. The Kier molecular flexibility index (Phi) is 3.68. The van der Waals surface area contributed by atoms with Gasteiger partial charge in [0.05, 0.1) is 11.3 Å². The number of carbonyl (C=O) groups is 1. The largest absolute Gasteiger partial charge is 0.506 e. The summed E-state index contributed by atoms with van der Waals surface area (Å²) in [6.45, 7) is 0.468. The highest BCUT2D eigenvalue weighted by atomic mass is 79.9. The standard InChI is InChI=1S/C16H13BrFNO2/c17-11-6-7-13(18)12(9-11)16(21)19-8-2-4-10-3-1-5-14(20)15(10)19/h1,3,5-7,9,20H,2,4,8H2. The zero-order valence-corrected chi connectivity index (χ0v) is 12.7. The monoisotopic (exact) mass is 349 g/mol. The van der Waals surface area contributed by atoms with Gasteiger partial charge >= 0.3 is 0 Å². The Morgan fingerprint density at radius 3 is 2.90 bits per heavy atom. The van der Waals surface area contributed by atoms with Gasteiger partial charge < -0.3 is 10.0 Å². The van der Waals surface area contributed by atoms with Crippen LogP contribution in [0.3, 0.4) is 0 Å². The van der Waals surface area contributed by atoms with Gasteiger partial charge in [0.25, 0.3) is 5.91 Å². The highest BCUT2D eigenvalue weighted by molar-refractivity contribution is 9.10. The summed E-state index contributed by atoms with van der Waals surface area (Å²) in [7, 11) is 0. The Labute approximate surface area is 130 Å². The summed E-state index contributed by atoms with van der Waals surface area (Å²) in [6, 6.07) is 9.45. The minimum absolute atomic E-state index is 0.000443. The molecule has 1 amide bonds. The van der Waals surface area contributed by atoms with Crippen molar-refractivity contribution < 1.29 is 14.3 Å². The predicted molar refractivity (Wildman–Crippen MR) is 82.2 cm³/mol. The number of rotatable bonds is 1. The second-order valence-corrected chi connectivity index (χ2v) is 5.89. The summed E-state index contributed by atoms with van der Waals surface area (Å²) in [5, 5.41) is 10.0. The van der Waals surface area contributed by atoms with Gasteiger partial charge in [-0.15, -0.1) is 0 Å². The first kappa shape index (κ1) is 14.1. The molecular formula is C16H13BrFNO2. The molecule has 3 rings (SSSR count). The molecular weight excluding hydrogens is 337 g/mol. The van der Waals surface area contributed by atoms with Gasteiger partial charge in [0.2, 0.25) is 0 Å². The van der Waals surface area contributed by atoms with E-state index in [9.17, 15) is 14.3 Å². The number of para-hydroxylation sites is 1. The number of phenolic OH excluding ortho intramolecular Hbond substituents is 1. The molecule has 0 aromatic heterocycles. The first-order valence-corrected chi connectivity index (χ1v) is 7.45. The highest BCUT2D eigenvalue weighted by Gasteiger charge is 2.27. The average molecular weight is 350 g/mol. The molecule has 0 aliphatic carbocycles. The third-order valence-electron chi connectivity index (χ3n) is 3.60. The van der Waals surface area contributed by atoms with Crippen LogP contribution in [0.5, 0.6) is 5.75 Å². The zero-order chi connectivity index (χ0) is 15.0. The molecule has 2 aromatic rings. The Balaban J connectivity index is 2.06. The van der Waals surface area contributed by atoms with Gasteiger partial charge in [-0.1, -0.05) is 28.1 Å². The van der Waals surface area contributed by atoms with E-state index in [1.165, 1.54) is 17.0 Å². The minimum atomic E-state index is -0.564. The van der Waals surface area contributed by atoms with Gasteiger partial charge in [-0.05, 0) is 42.7 Å². The normalized spacial score (nSPS) is 13.9. The maximum Gasteiger partial charge on any atom is 0.261 e. The topological polar surface area (TPSA) is 40.5 Å². The maximum atomic E-state index is 13.9. The number of fused-ring (bicyclic) bond motifs is 1. The number of amides is 1. The number of aromatic hydroxyl groups is 1. The molecule has 0 unspecified atom stereocenters. The lowest BCUT2D eigenvalue weighted by atomic mass is 10.00. The van der Waals surface area contributed by atoms with Crippen LogP contribution in [-0.2, 0) is 6.42 Å². The molecule has 2 aromatic carbocycles. The summed E-state index contributed by atoms with van der Waals surface area (Å²) in [5.74, 6) is -0.946. The van der Waals surface area contributed by atoms with Crippen molar-refractivity contribution in [3.05, 3.63) is 57.8 Å². The molecule has 3 nitrogen and oxygen atoms in total. The molecule has 0 saturated heterocycles. The van der Waals surface area contributed by atoms with E-state index < -0.39 is 11.7 Å². The molecule has 108 valence electrons. The van der Waals surface area contributed by atoms with Crippen LogP contribution in [0.2, 0.25) is 0 Å². The van der Waals surface area contributed by atoms with Gasteiger partial charge in [-0.25, -0.2) is 4.39 Å². The second-order valence-electron chi connectivity index (χ2n) is 4.97. The van der Waals surface area contributed by atoms with Gasteiger partial charge in [0.15, 0.2) is 0 Å². The molecule has 21 heavy (non-hydrogen) atoms. The number of halogens is 2. The molecule has 0 saturated carbocycles. The van der Waals surface area contributed by atoms with E-state index in [-0.39, 0.29) is 11.3 Å². The van der Waals surface area contributed by atoms with Crippen molar-refractivity contribution in [1.29, 1.82) is 0 Å². The van der Waals surface area contributed by atoms with E-state index in [0.29, 0.717) is 16.7 Å². The van der Waals surface area contributed by atoms with Crippen molar-refractivity contribution in [2.45, 2.75) is 12.8 Å². The van der Waals surface area contributed by atoms with Crippen LogP contribution in [0.1, 0.15) is 22.3 Å². The summed E-state index contributed by atoms with van der Waals surface area (Å²) in [6.07, 6.45) is 1.59. The number of aryl methyl sites for hydroxylation is 1. The first-order chi connectivity index (χ1) is 10.1. The summed E-state index contributed by atoms with van der Waals surface area (Å²) < 4.78 is 14.6. The van der Waals surface area contributed by atoms with Gasteiger partial charge in [0, 0.05) is 11.0 Å². The van der Waals surface area contributed by atoms with Crippen LogP contribution >= 0.6 is 15.9 Å². The van der Waals surface area contributed by atoms with Crippen molar-refractivity contribution in [2.75, 3.05) is 11.4 Å². The molecule has 1 aliphatic heterocycles. The molecule has 0 bridgehead atoms. The lowest BCUT2D eigenvalue weighted by molar-refractivity contribution is 0.0980. The fourth-order valence-corrected chi connectivity index (χ4v) is 3.00. The third-order valence-corrected chi connectivity index (χ3v) is 4.09. The molecule has 1 N–H and O–H groups in total. The molecule has 0 atom stereocenters. The average Bonchev–Trinajstić information content (AvgIpc) is 2.49. The van der Waals surface area contributed by atoms with Crippen molar-refractivity contribution >= 4 is 27.5 Å². The SMILES string of the molecule is O=C(c1cc(Br)ccc1F)N1CCCc2cccc(O)c21.